The van der Waals surface area contributed by atoms with Gasteiger partial charge in [0, 0.05) is 4.90 Å². The first-order valence-electron chi connectivity index (χ1n) is 6.04. The molecule has 0 fully saturated rings. The number of benzene rings is 1. The molecule has 0 aliphatic carbocycles. The van der Waals surface area contributed by atoms with Crippen LogP contribution in [0.25, 0.3) is 0 Å². The van der Waals surface area contributed by atoms with E-state index in [0.717, 1.165) is 6.07 Å². The predicted molar refractivity (Wildman–Crippen MR) is 68.4 cm³/mol. The molecular weight excluding hydrogens is 348 g/mol. The van der Waals surface area contributed by atoms with Gasteiger partial charge < -0.3 is 4.74 Å². The molecule has 1 aromatic rings. The molecule has 23 heavy (non-hydrogen) atoms. The van der Waals surface area contributed by atoms with Crippen molar-refractivity contribution in [3.63, 3.8) is 0 Å². The maximum atomic E-state index is 13.2. The molecular formula is C13H9F6NO2S. The molecule has 0 aliphatic heterocycles. The first-order valence-corrected chi connectivity index (χ1v) is 6.85. The number of rotatable bonds is 4. The quantitative estimate of drug-likeness (QED) is 0.458. The highest BCUT2D eigenvalue weighted by Gasteiger charge is 2.41. The number of hydrogen-bond acceptors (Lipinski definition) is 4. The van der Waals surface area contributed by atoms with Crippen molar-refractivity contribution in [2.75, 3.05) is 6.61 Å². The summed E-state index contributed by atoms with van der Waals surface area (Å²) in [7, 11) is 0. The van der Waals surface area contributed by atoms with Crippen LogP contribution in [0.15, 0.2) is 17.0 Å². The average Bonchev–Trinajstić information content (AvgIpc) is 2.35. The highest BCUT2D eigenvalue weighted by atomic mass is 32.2. The Bertz CT molecular complexity index is 633. The van der Waals surface area contributed by atoms with Crippen LogP contribution in [0.1, 0.15) is 23.6 Å². The minimum Gasteiger partial charge on any atom is -0.466 e. The van der Waals surface area contributed by atoms with Gasteiger partial charge in [-0.25, -0.2) is 0 Å². The summed E-state index contributed by atoms with van der Waals surface area (Å²) in [5.74, 6) is -1.07. The molecule has 0 amide bonds. The Balaban J connectivity index is 3.52. The smallest absolute Gasteiger partial charge is 0.446 e. The number of carbonyl (C=O) groups excluding carboxylic acids is 1. The van der Waals surface area contributed by atoms with Crippen LogP contribution in [-0.4, -0.2) is 18.1 Å². The molecule has 0 N–H and O–H groups in total. The van der Waals surface area contributed by atoms with E-state index < -0.39 is 57.4 Å². The zero-order valence-electron chi connectivity index (χ0n) is 11.5. The summed E-state index contributed by atoms with van der Waals surface area (Å²) in [5.41, 5.74) is -7.95. The van der Waals surface area contributed by atoms with Crippen molar-refractivity contribution < 1.29 is 35.9 Å². The summed E-state index contributed by atoms with van der Waals surface area (Å²) in [6.45, 7) is 1.31. The summed E-state index contributed by atoms with van der Waals surface area (Å²) in [6.07, 6.45) is -6.11. The Labute approximate surface area is 131 Å². The maximum Gasteiger partial charge on any atom is 0.446 e. The first kappa shape index (κ1) is 19.2. The van der Waals surface area contributed by atoms with Crippen molar-refractivity contribution in [3.05, 3.63) is 28.8 Å². The van der Waals surface area contributed by atoms with Gasteiger partial charge in [0.15, 0.2) is 0 Å². The van der Waals surface area contributed by atoms with E-state index in [2.05, 4.69) is 4.74 Å². The van der Waals surface area contributed by atoms with E-state index in [1.807, 2.05) is 0 Å². The van der Waals surface area contributed by atoms with Crippen LogP contribution in [0.2, 0.25) is 0 Å². The van der Waals surface area contributed by atoms with Crippen molar-refractivity contribution in [1.82, 2.24) is 0 Å². The van der Waals surface area contributed by atoms with Gasteiger partial charge in [-0.3, -0.25) is 4.79 Å². The number of halogens is 6. The lowest BCUT2D eigenvalue weighted by Crippen LogP contribution is -2.18. The number of alkyl halides is 6. The number of esters is 1. The van der Waals surface area contributed by atoms with Crippen molar-refractivity contribution in [1.29, 1.82) is 5.26 Å². The van der Waals surface area contributed by atoms with Gasteiger partial charge in [0.25, 0.3) is 0 Å². The predicted octanol–water partition coefficient (Wildman–Crippen LogP) is 4.29. The minimum absolute atomic E-state index is 0.112. The number of hydrogen-bond donors (Lipinski definition) is 0. The van der Waals surface area contributed by atoms with Crippen LogP contribution in [0.4, 0.5) is 26.3 Å². The SMILES string of the molecule is CCOC(=O)Cc1c(C#N)ccc(SC(F)(F)F)c1C(F)(F)F. The lowest BCUT2D eigenvalue weighted by molar-refractivity contribution is -0.144. The van der Waals surface area contributed by atoms with Crippen LogP contribution in [0, 0.1) is 11.3 Å². The van der Waals surface area contributed by atoms with Gasteiger partial charge in [0.05, 0.1) is 30.2 Å². The van der Waals surface area contributed by atoms with Crippen molar-refractivity contribution >= 4 is 17.7 Å². The van der Waals surface area contributed by atoms with Gasteiger partial charge >= 0.3 is 17.7 Å². The maximum absolute atomic E-state index is 13.2. The summed E-state index contributed by atoms with van der Waals surface area (Å²) in [5, 5.41) is 8.88. The molecule has 0 atom stereocenters. The molecule has 0 saturated carbocycles. The van der Waals surface area contributed by atoms with E-state index in [0.29, 0.717) is 6.07 Å². The van der Waals surface area contributed by atoms with Crippen molar-refractivity contribution in [2.24, 2.45) is 0 Å². The Hall–Kier alpha value is -1.89. The number of nitriles is 1. The molecule has 1 rings (SSSR count). The van der Waals surface area contributed by atoms with Crippen molar-refractivity contribution in [2.45, 2.75) is 29.9 Å². The molecule has 0 aliphatic rings. The Morgan fingerprint density at radius 3 is 2.30 bits per heavy atom. The van der Waals surface area contributed by atoms with Gasteiger partial charge in [-0.2, -0.15) is 31.6 Å². The summed E-state index contributed by atoms with van der Waals surface area (Å²) in [4.78, 5) is 10.3. The highest BCUT2D eigenvalue weighted by molar-refractivity contribution is 8.00. The van der Waals surface area contributed by atoms with Crippen LogP contribution in [0.3, 0.4) is 0 Å². The lowest BCUT2D eigenvalue weighted by atomic mass is 9.98. The number of carbonyl (C=O) groups is 1. The molecule has 0 heterocycles. The Morgan fingerprint density at radius 2 is 1.87 bits per heavy atom. The zero-order chi connectivity index (χ0) is 17.8. The number of ether oxygens (including phenoxy) is 1. The van der Waals surface area contributed by atoms with E-state index in [9.17, 15) is 31.1 Å². The molecule has 0 bridgehead atoms. The Kier molecular flexibility index (Phi) is 5.93. The molecule has 10 heteroatoms. The van der Waals surface area contributed by atoms with Crippen LogP contribution < -0.4 is 0 Å². The second kappa shape index (κ2) is 7.12. The Morgan fingerprint density at radius 1 is 1.26 bits per heavy atom. The fourth-order valence-electron chi connectivity index (χ4n) is 1.79. The molecule has 3 nitrogen and oxygen atoms in total. The van der Waals surface area contributed by atoms with Crippen LogP contribution in [-0.2, 0) is 22.1 Å². The van der Waals surface area contributed by atoms with Gasteiger partial charge in [0.1, 0.15) is 0 Å². The van der Waals surface area contributed by atoms with Crippen molar-refractivity contribution in [3.8, 4) is 6.07 Å². The largest absolute Gasteiger partial charge is 0.466 e. The van der Waals surface area contributed by atoms with E-state index in [-0.39, 0.29) is 6.61 Å². The highest BCUT2D eigenvalue weighted by Crippen LogP contribution is 2.45. The van der Waals surface area contributed by atoms with Gasteiger partial charge in [-0.1, -0.05) is 0 Å². The third kappa shape index (κ3) is 5.35. The summed E-state index contributed by atoms with van der Waals surface area (Å²) >= 11 is -0.953. The second-order valence-corrected chi connectivity index (χ2v) is 5.21. The van der Waals surface area contributed by atoms with Gasteiger partial charge in [0.2, 0.25) is 0 Å². The fourth-order valence-corrected chi connectivity index (χ4v) is 2.52. The molecule has 126 valence electrons. The standard InChI is InChI=1S/C13H9F6NO2S/c1-2-22-10(21)5-8-7(6-20)3-4-9(23-13(17,18)19)11(8)12(14,15)16/h3-4H,2,5H2,1H3. The monoisotopic (exact) mass is 357 g/mol. The molecule has 0 saturated heterocycles. The lowest BCUT2D eigenvalue weighted by Gasteiger charge is -2.18. The normalized spacial score (nSPS) is 11.9. The van der Waals surface area contributed by atoms with Gasteiger partial charge in [-0.15, -0.1) is 0 Å². The molecule has 0 unspecified atom stereocenters. The summed E-state index contributed by atoms with van der Waals surface area (Å²) in [6, 6.07) is 2.83. The first-order chi connectivity index (χ1) is 10.5. The van der Waals surface area contributed by atoms with E-state index in [1.165, 1.54) is 13.0 Å². The van der Waals surface area contributed by atoms with E-state index in [4.69, 9.17) is 5.26 Å². The number of thioether (sulfide) groups is 1. The summed E-state index contributed by atoms with van der Waals surface area (Å²) < 4.78 is 81.4. The zero-order valence-corrected chi connectivity index (χ0v) is 12.3. The molecule has 1 aromatic carbocycles. The van der Waals surface area contributed by atoms with E-state index >= 15 is 0 Å². The van der Waals surface area contributed by atoms with E-state index in [1.54, 1.807) is 0 Å². The topological polar surface area (TPSA) is 50.1 Å². The molecule has 0 spiro atoms. The fraction of sp³-hybridized carbons (Fsp3) is 0.385. The molecule has 0 radical (unpaired) electrons. The van der Waals surface area contributed by atoms with Crippen LogP contribution in [0.5, 0.6) is 0 Å². The van der Waals surface area contributed by atoms with Gasteiger partial charge in [-0.05, 0) is 36.4 Å². The number of nitrogens with zero attached hydrogens (tertiary/aromatic N) is 1. The third-order valence-electron chi connectivity index (χ3n) is 2.53. The average molecular weight is 357 g/mol. The van der Waals surface area contributed by atoms with Crippen LogP contribution >= 0.6 is 11.8 Å². The molecule has 0 aromatic heterocycles. The third-order valence-corrected chi connectivity index (χ3v) is 3.32. The minimum atomic E-state index is -5.16. The second-order valence-electron chi connectivity index (χ2n) is 4.10.